The van der Waals surface area contributed by atoms with E-state index < -0.39 is 5.97 Å². The van der Waals surface area contributed by atoms with Gasteiger partial charge in [0.15, 0.2) is 5.78 Å². The normalized spacial score (nSPS) is 10.2. The molecule has 0 bridgehead atoms. The van der Waals surface area contributed by atoms with Crippen LogP contribution in [0, 0.1) is 0 Å². The van der Waals surface area contributed by atoms with Crippen molar-refractivity contribution in [3.63, 3.8) is 0 Å². The van der Waals surface area contributed by atoms with Gasteiger partial charge >= 0.3 is 5.97 Å². The van der Waals surface area contributed by atoms with Gasteiger partial charge in [0.25, 0.3) is 0 Å². The zero-order valence-corrected chi connectivity index (χ0v) is 12.6. The van der Waals surface area contributed by atoms with Crippen molar-refractivity contribution in [3.8, 4) is 0 Å². The Kier molecular flexibility index (Phi) is 5.43. The smallest absolute Gasteiger partial charge is 0.335 e. The van der Waals surface area contributed by atoms with Crippen molar-refractivity contribution in [1.82, 2.24) is 5.32 Å². The van der Waals surface area contributed by atoms with Crippen LogP contribution >= 0.6 is 11.3 Å². The Morgan fingerprint density at radius 2 is 1.77 bits per heavy atom. The number of Topliss-reactive ketones (excluding diaryl/α,β-unsaturated/α-hetero) is 1. The molecule has 2 N–H and O–H groups in total. The average Bonchev–Trinajstić information content (AvgIpc) is 3.05. The molecule has 114 valence electrons. The number of thiophene rings is 1. The predicted molar refractivity (Wildman–Crippen MR) is 83.1 cm³/mol. The Labute approximate surface area is 131 Å². The van der Waals surface area contributed by atoms with E-state index in [4.69, 9.17) is 5.11 Å². The molecule has 0 fully saturated rings. The monoisotopic (exact) mass is 317 g/mol. The fourth-order valence-corrected chi connectivity index (χ4v) is 2.54. The molecule has 2 rings (SSSR count). The summed E-state index contributed by atoms with van der Waals surface area (Å²) in [5.41, 5.74) is 1.01. The Bertz CT molecular complexity index is 662. The molecule has 0 aliphatic carbocycles. The highest BCUT2D eigenvalue weighted by Gasteiger charge is 2.10. The fourth-order valence-electron chi connectivity index (χ4n) is 1.84. The van der Waals surface area contributed by atoms with Gasteiger partial charge in [-0.15, -0.1) is 11.3 Å². The molecule has 2 aromatic rings. The van der Waals surface area contributed by atoms with Crippen LogP contribution in [0.5, 0.6) is 0 Å². The van der Waals surface area contributed by atoms with Gasteiger partial charge in [-0.2, -0.15) is 0 Å². The summed E-state index contributed by atoms with van der Waals surface area (Å²) < 4.78 is 0. The van der Waals surface area contributed by atoms with Crippen LogP contribution in [-0.4, -0.2) is 22.8 Å². The van der Waals surface area contributed by atoms with Crippen LogP contribution in [0.2, 0.25) is 0 Å². The van der Waals surface area contributed by atoms with E-state index in [9.17, 15) is 14.4 Å². The first kappa shape index (κ1) is 15.9. The minimum atomic E-state index is -0.984. The van der Waals surface area contributed by atoms with Crippen molar-refractivity contribution in [2.24, 2.45) is 0 Å². The number of hydrogen-bond donors (Lipinski definition) is 2. The largest absolute Gasteiger partial charge is 0.478 e. The molecular weight excluding hydrogens is 302 g/mol. The highest BCUT2D eigenvalue weighted by Crippen LogP contribution is 2.12. The molecule has 0 aliphatic heterocycles. The second kappa shape index (κ2) is 7.51. The predicted octanol–water partition coefficient (Wildman–Crippen LogP) is 2.73. The number of aromatic carboxylic acids is 1. The maximum atomic E-state index is 11.8. The number of carbonyl (C=O) groups is 3. The molecule has 0 atom stereocenters. The number of carboxylic acids is 1. The number of amides is 1. The summed E-state index contributed by atoms with van der Waals surface area (Å²) >= 11 is 1.37. The molecule has 0 spiro atoms. The summed E-state index contributed by atoms with van der Waals surface area (Å²) in [5, 5.41) is 13.3. The summed E-state index contributed by atoms with van der Waals surface area (Å²) in [5.74, 6) is -1.22. The summed E-state index contributed by atoms with van der Waals surface area (Å²) in [6, 6.07) is 9.84. The van der Waals surface area contributed by atoms with Gasteiger partial charge in [-0.05, 0) is 29.1 Å². The van der Waals surface area contributed by atoms with Crippen molar-refractivity contribution in [3.05, 3.63) is 57.8 Å². The molecule has 0 aliphatic rings. The van der Waals surface area contributed by atoms with Crippen molar-refractivity contribution in [2.45, 2.75) is 19.4 Å². The number of rotatable bonds is 7. The van der Waals surface area contributed by atoms with Crippen molar-refractivity contribution in [2.75, 3.05) is 0 Å². The van der Waals surface area contributed by atoms with Gasteiger partial charge in [0, 0.05) is 19.4 Å². The van der Waals surface area contributed by atoms with E-state index in [0.29, 0.717) is 11.4 Å². The number of nitrogens with one attached hydrogen (secondary N) is 1. The van der Waals surface area contributed by atoms with E-state index in [0.717, 1.165) is 5.56 Å². The van der Waals surface area contributed by atoms with Gasteiger partial charge in [0.1, 0.15) is 0 Å². The lowest BCUT2D eigenvalue weighted by atomic mass is 10.1. The van der Waals surface area contributed by atoms with Crippen LogP contribution in [0.15, 0.2) is 41.8 Å². The van der Waals surface area contributed by atoms with Crippen LogP contribution in [0.1, 0.15) is 38.4 Å². The maximum Gasteiger partial charge on any atom is 0.335 e. The van der Waals surface area contributed by atoms with E-state index >= 15 is 0 Å². The summed E-state index contributed by atoms with van der Waals surface area (Å²) in [4.78, 5) is 34.9. The molecular formula is C16H15NO4S. The number of ketones is 1. The number of carboxylic acid groups (broad SMARTS) is 1. The lowest BCUT2D eigenvalue weighted by Crippen LogP contribution is -2.23. The lowest BCUT2D eigenvalue weighted by Gasteiger charge is -2.05. The van der Waals surface area contributed by atoms with Gasteiger partial charge in [-0.3, -0.25) is 9.59 Å². The van der Waals surface area contributed by atoms with Crippen LogP contribution in [-0.2, 0) is 11.3 Å². The average molecular weight is 317 g/mol. The molecule has 1 heterocycles. The van der Waals surface area contributed by atoms with Gasteiger partial charge < -0.3 is 10.4 Å². The highest BCUT2D eigenvalue weighted by atomic mass is 32.1. The molecule has 0 unspecified atom stereocenters. The molecule has 1 amide bonds. The van der Waals surface area contributed by atoms with E-state index in [1.165, 1.54) is 23.5 Å². The second-order valence-corrected chi connectivity index (χ2v) is 5.63. The maximum absolute atomic E-state index is 11.8. The lowest BCUT2D eigenvalue weighted by molar-refractivity contribution is -0.121. The van der Waals surface area contributed by atoms with E-state index in [-0.39, 0.29) is 30.1 Å². The Morgan fingerprint density at radius 1 is 1.05 bits per heavy atom. The zero-order chi connectivity index (χ0) is 15.9. The van der Waals surface area contributed by atoms with Crippen LogP contribution in [0.25, 0.3) is 0 Å². The third-order valence-electron chi connectivity index (χ3n) is 3.07. The number of hydrogen-bond acceptors (Lipinski definition) is 4. The molecule has 1 aromatic carbocycles. The highest BCUT2D eigenvalue weighted by molar-refractivity contribution is 7.12. The van der Waals surface area contributed by atoms with Crippen LogP contribution in [0.3, 0.4) is 0 Å². The van der Waals surface area contributed by atoms with Crippen molar-refractivity contribution >= 4 is 29.0 Å². The second-order valence-electron chi connectivity index (χ2n) is 4.68. The van der Waals surface area contributed by atoms with Crippen LogP contribution < -0.4 is 5.32 Å². The molecule has 0 saturated heterocycles. The third kappa shape index (κ3) is 4.53. The first-order chi connectivity index (χ1) is 10.6. The van der Waals surface area contributed by atoms with E-state index in [1.807, 2.05) is 5.38 Å². The molecule has 0 saturated carbocycles. The minimum Gasteiger partial charge on any atom is -0.478 e. The van der Waals surface area contributed by atoms with E-state index in [2.05, 4.69) is 5.32 Å². The van der Waals surface area contributed by atoms with Crippen molar-refractivity contribution in [1.29, 1.82) is 0 Å². The molecule has 0 radical (unpaired) electrons. The minimum absolute atomic E-state index is 0.0315. The Balaban J connectivity index is 1.75. The molecule has 22 heavy (non-hydrogen) atoms. The number of benzene rings is 1. The first-order valence-corrected chi connectivity index (χ1v) is 7.60. The molecule has 6 heteroatoms. The third-order valence-corrected chi connectivity index (χ3v) is 3.98. The Hall–Kier alpha value is -2.47. The molecule has 1 aromatic heterocycles. The van der Waals surface area contributed by atoms with Gasteiger partial charge in [0.05, 0.1) is 10.4 Å². The summed E-state index contributed by atoms with van der Waals surface area (Å²) in [6.45, 7) is 0.311. The number of carbonyl (C=O) groups excluding carboxylic acids is 2. The topological polar surface area (TPSA) is 83.5 Å². The fraction of sp³-hybridized carbons (Fsp3) is 0.188. The first-order valence-electron chi connectivity index (χ1n) is 6.72. The summed E-state index contributed by atoms with van der Waals surface area (Å²) in [7, 11) is 0. The van der Waals surface area contributed by atoms with E-state index in [1.54, 1.807) is 24.3 Å². The molecule has 5 nitrogen and oxygen atoms in total. The SMILES string of the molecule is O=C(CCC(=O)c1cccs1)NCc1ccc(C(=O)O)cc1. The van der Waals surface area contributed by atoms with Crippen molar-refractivity contribution < 1.29 is 19.5 Å². The summed E-state index contributed by atoms with van der Waals surface area (Å²) in [6.07, 6.45) is 0.328. The van der Waals surface area contributed by atoms with Gasteiger partial charge in [0.2, 0.25) is 5.91 Å². The van der Waals surface area contributed by atoms with Gasteiger partial charge in [-0.25, -0.2) is 4.79 Å². The Morgan fingerprint density at radius 3 is 2.36 bits per heavy atom. The standard InChI is InChI=1S/C16H15NO4S/c18-13(14-2-1-9-22-14)7-8-15(19)17-10-11-3-5-12(6-4-11)16(20)21/h1-6,9H,7-8,10H2,(H,17,19)(H,20,21). The van der Waals surface area contributed by atoms with Gasteiger partial charge in [-0.1, -0.05) is 18.2 Å². The quantitative estimate of drug-likeness (QED) is 0.769. The van der Waals surface area contributed by atoms with Crippen LogP contribution in [0.4, 0.5) is 0 Å². The zero-order valence-electron chi connectivity index (χ0n) is 11.7.